The molecule has 2 amide bonds. The number of benzene rings is 2. The minimum atomic E-state index is -4.66. The molecule has 0 radical (unpaired) electrons. The Balaban J connectivity index is 1.60. The highest BCUT2D eigenvalue weighted by atomic mass is 32.2. The molecule has 0 aliphatic rings. The van der Waals surface area contributed by atoms with Gasteiger partial charge in [-0.1, -0.05) is 36.0 Å². The van der Waals surface area contributed by atoms with Gasteiger partial charge in [0.1, 0.15) is 20.9 Å². The molecule has 194 valence electrons. The van der Waals surface area contributed by atoms with Crippen molar-refractivity contribution in [3.05, 3.63) is 65.2 Å². The van der Waals surface area contributed by atoms with Crippen molar-refractivity contribution >= 4 is 58.2 Å². The van der Waals surface area contributed by atoms with Crippen LogP contribution in [0.15, 0.2) is 57.8 Å². The highest BCUT2D eigenvalue weighted by molar-refractivity contribution is 8.02. The molecule has 0 saturated heterocycles. The first kappa shape index (κ1) is 28.4. The molecule has 0 aliphatic carbocycles. The van der Waals surface area contributed by atoms with Crippen molar-refractivity contribution in [2.45, 2.75) is 21.6 Å². The third kappa shape index (κ3) is 7.63. The molecule has 0 saturated carbocycles. The molecule has 0 bridgehead atoms. The number of halogens is 6. The molecule has 1 heterocycles. The maximum absolute atomic E-state index is 13.1. The number of para-hydroxylation sites is 2. The predicted molar refractivity (Wildman–Crippen MR) is 128 cm³/mol. The zero-order valence-corrected chi connectivity index (χ0v) is 20.7. The number of carbonyl (C=O) groups excluding carboxylic acids is 2. The molecular formula is C22H14F6N4O2S3. The third-order valence-corrected chi connectivity index (χ3v) is 7.61. The molecule has 2 aromatic carbocycles. The molecule has 2 N–H and O–H groups in total. The van der Waals surface area contributed by atoms with Crippen molar-refractivity contribution in [3.8, 4) is 6.07 Å². The zero-order chi connectivity index (χ0) is 27.2. The van der Waals surface area contributed by atoms with Gasteiger partial charge in [-0.05, 0) is 35.8 Å². The van der Waals surface area contributed by atoms with Gasteiger partial charge in [0.15, 0.2) is 0 Å². The van der Waals surface area contributed by atoms with E-state index in [1.807, 2.05) is 6.07 Å². The summed E-state index contributed by atoms with van der Waals surface area (Å²) in [5, 5.41) is 14.0. The Morgan fingerprint density at radius 1 is 0.838 bits per heavy atom. The standard InChI is InChI=1S/C22H14F6N4O2S3/c23-21(24,25)13-5-1-3-7-15(13)30-17(33)10-35-19-12(9-29)20(37-32-19)36-11-18(34)31-16-8-4-2-6-14(16)22(26,27)28/h1-8H,10-11H2,(H,30,33)(H,31,34). The molecule has 1 aromatic heterocycles. The molecule has 3 aromatic rings. The van der Waals surface area contributed by atoms with E-state index in [1.54, 1.807) is 0 Å². The van der Waals surface area contributed by atoms with E-state index in [-0.39, 0.29) is 22.1 Å². The Kier molecular flexibility index (Phi) is 9.11. The Bertz CT molecular complexity index is 1240. The van der Waals surface area contributed by atoms with Crippen LogP contribution in [0.2, 0.25) is 0 Å². The smallest absolute Gasteiger partial charge is 0.325 e. The second kappa shape index (κ2) is 11.9. The lowest BCUT2D eigenvalue weighted by Crippen LogP contribution is -2.18. The van der Waals surface area contributed by atoms with Gasteiger partial charge in [-0.2, -0.15) is 36.0 Å². The highest BCUT2D eigenvalue weighted by Gasteiger charge is 2.34. The SMILES string of the molecule is N#Cc1c(SCC(=O)Nc2ccccc2C(F)(F)F)nsc1SCC(=O)Nc1ccccc1C(F)(F)F. The minimum Gasteiger partial charge on any atom is -0.325 e. The number of hydrogen-bond donors (Lipinski definition) is 2. The first-order chi connectivity index (χ1) is 17.4. The number of alkyl halides is 6. The summed E-state index contributed by atoms with van der Waals surface area (Å²) in [5.41, 5.74) is -2.77. The molecule has 0 aliphatic heterocycles. The molecule has 0 fully saturated rings. The number of nitrogens with zero attached hydrogens (tertiary/aromatic N) is 2. The molecule has 0 atom stereocenters. The van der Waals surface area contributed by atoms with E-state index >= 15 is 0 Å². The van der Waals surface area contributed by atoms with E-state index in [4.69, 9.17) is 0 Å². The number of anilines is 2. The summed E-state index contributed by atoms with van der Waals surface area (Å²) in [6, 6.07) is 10.9. The molecule has 0 spiro atoms. The fraction of sp³-hybridized carbons (Fsp3) is 0.182. The maximum atomic E-state index is 13.1. The number of thioether (sulfide) groups is 2. The zero-order valence-electron chi connectivity index (χ0n) is 18.2. The summed E-state index contributed by atoms with van der Waals surface area (Å²) in [7, 11) is 0. The predicted octanol–water partition coefficient (Wildman–Crippen LogP) is 6.51. The molecule has 6 nitrogen and oxygen atoms in total. The van der Waals surface area contributed by atoms with Crippen LogP contribution in [-0.2, 0) is 21.9 Å². The Morgan fingerprint density at radius 2 is 1.30 bits per heavy atom. The average molecular weight is 577 g/mol. The van der Waals surface area contributed by atoms with Crippen molar-refractivity contribution in [1.29, 1.82) is 5.26 Å². The normalized spacial score (nSPS) is 11.6. The average Bonchev–Trinajstić information content (AvgIpc) is 3.22. The van der Waals surface area contributed by atoms with Crippen molar-refractivity contribution in [1.82, 2.24) is 4.37 Å². The lowest BCUT2D eigenvalue weighted by atomic mass is 10.1. The first-order valence-electron chi connectivity index (χ1n) is 9.97. The summed E-state index contributed by atoms with van der Waals surface area (Å²) in [5.74, 6) is -2.16. The first-order valence-corrected chi connectivity index (χ1v) is 12.7. The van der Waals surface area contributed by atoms with Gasteiger partial charge in [-0.25, -0.2) is 0 Å². The lowest BCUT2D eigenvalue weighted by Gasteiger charge is -2.13. The van der Waals surface area contributed by atoms with Gasteiger partial charge in [0, 0.05) is 0 Å². The second-order valence-corrected chi connectivity index (χ2v) is 10.0. The number of amides is 2. The largest absolute Gasteiger partial charge is 0.418 e. The highest BCUT2D eigenvalue weighted by Crippen LogP contribution is 2.37. The molecule has 3 rings (SSSR count). The van der Waals surface area contributed by atoms with Crippen LogP contribution < -0.4 is 10.6 Å². The molecule has 0 unspecified atom stereocenters. The van der Waals surface area contributed by atoms with Crippen LogP contribution in [0.5, 0.6) is 0 Å². The monoisotopic (exact) mass is 576 g/mol. The third-order valence-electron chi connectivity index (χ3n) is 4.43. The second-order valence-electron chi connectivity index (χ2n) is 7.02. The minimum absolute atomic E-state index is 0.0481. The van der Waals surface area contributed by atoms with Gasteiger partial charge in [0.25, 0.3) is 0 Å². The van der Waals surface area contributed by atoms with Gasteiger partial charge in [0.2, 0.25) is 11.8 Å². The fourth-order valence-corrected chi connectivity index (χ4v) is 5.56. The van der Waals surface area contributed by atoms with Crippen molar-refractivity contribution in [2.75, 3.05) is 22.1 Å². The van der Waals surface area contributed by atoms with Crippen LogP contribution in [0.1, 0.15) is 16.7 Å². The summed E-state index contributed by atoms with van der Waals surface area (Å²) in [6.07, 6.45) is -9.32. The van der Waals surface area contributed by atoms with Gasteiger partial charge in [-0.15, -0.1) is 11.8 Å². The van der Waals surface area contributed by atoms with Crippen LogP contribution in [0.25, 0.3) is 0 Å². The number of hydrogen-bond acceptors (Lipinski definition) is 7. The maximum Gasteiger partial charge on any atom is 0.418 e. The fourth-order valence-electron chi connectivity index (χ4n) is 2.87. The van der Waals surface area contributed by atoms with E-state index in [0.29, 0.717) is 4.21 Å². The summed E-state index contributed by atoms with van der Waals surface area (Å²) in [4.78, 5) is 24.4. The molecular weight excluding hydrogens is 562 g/mol. The van der Waals surface area contributed by atoms with E-state index in [1.165, 1.54) is 24.3 Å². The molecule has 15 heteroatoms. The van der Waals surface area contributed by atoms with Crippen LogP contribution in [0.3, 0.4) is 0 Å². The van der Waals surface area contributed by atoms with E-state index in [2.05, 4.69) is 15.0 Å². The topological polar surface area (TPSA) is 94.9 Å². The number of aromatic nitrogens is 1. The summed E-state index contributed by atoms with van der Waals surface area (Å²) >= 11 is 2.54. The van der Waals surface area contributed by atoms with Gasteiger partial charge in [-0.3, -0.25) is 9.59 Å². The van der Waals surface area contributed by atoms with E-state index in [9.17, 15) is 41.2 Å². The number of nitriles is 1. The number of carbonyl (C=O) groups is 2. The van der Waals surface area contributed by atoms with Gasteiger partial charge in [0.05, 0.1) is 34.0 Å². The number of nitrogens with one attached hydrogen (secondary N) is 2. The lowest BCUT2D eigenvalue weighted by molar-refractivity contribution is -0.137. The van der Waals surface area contributed by atoms with Crippen LogP contribution in [0, 0.1) is 11.3 Å². The van der Waals surface area contributed by atoms with Crippen LogP contribution in [0.4, 0.5) is 37.7 Å². The van der Waals surface area contributed by atoms with E-state index < -0.39 is 46.7 Å². The number of rotatable bonds is 8. The van der Waals surface area contributed by atoms with Crippen molar-refractivity contribution in [3.63, 3.8) is 0 Å². The quantitative estimate of drug-likeness (QED) is 0.234. The van der Waals surface area contributed by atoms with Crippen LogP contribution in [-0.4, -0.2) is 27.7 Å². The Hall–Kier alpha value is -3.22. The van der Waals surface area contributed by atoms with Crippen molar-refractivity contribution in [2.24, 2.45) is 0 Å². The van der Waals surface area contributed by atoms with Crippen LogP contribution >= 0.6 is 35.1 Å². The van der Waals surface area contributed by atoms with Gasteiger partial charge < -0.3 is 10.6 Å². The van der Waals surface area contributed by atoms with Crippen molar-refractivity contribution < 1.29 is 35.9 Å². The summed E-state index contributed by atoms with van der Waals surface area (Å²) in [6.45, 7) is 0. The van der Waals surface area contributed by atoms with E-state index in [0.717, 1.165) is 59.3 Å². The Labute approximate surface area is 218 Å². The Morgan fingerprint density at radius 3 is 1.76 bits per heavy atom. The van der Waals surface area contributed by atoms with Gasteiger partial charge >= 0.3 is 12.4 Å². The molecule has 37 heavy (non-hydrogen) atoms. The summed E-state index contributed by atoms with van der Waals surface area (Å²) < 4.78 is 82.9.